The number of carbonyl (C=O) groups is 1. The molecule has 0 amide bonds. The van der Waals surface area contributed by atoms with Gasteiger partial charge in [0.15, 0.2) is 5.78 Å². The fraction of sp³-hybridized carbons (Fsp3) is 0.143. The number of carbonyl (C=O) groups excluding carboxylic acids is 1. The van der Waals surface area contributed by atoms with Crippen LogP contribution in [0.3, 0.4) is 0 Å². The molecule has 0 unspecified atom stereocenters. The van der Waals surface area contributed by atoms with Crippen molar-refractivity contribution in [2.24, 2.45) is 0 Å². The van der Waals surface area contributed by atoms with Gasteiger partial charge in [-0.2, -0.15) is 0 Å². The summed E-state index contributed by atoms with van der Waals surface area (Å²) in [6.07, 6.45) is 2.79. The fourth-order valence-electron chi connectivity index (χ4n) is 1.62. The topological polar surface area (TPSA) is 30.0 Å². The average Bonchev–Trinajstić information content (AvgIpc) is 2.37. The molecule has 1 aromatic carbocycles. The number of Topliss-reactive ketones (excluding diaryl/α,β-unsaturated/α-hetero) is 1. The van der Waals surface area contributed by atoms with Crippen molar-refractivity contribution in [3.8, 4) is 0 Å². The third-order valence-corrected chi connectivity index (χ3v) is 2.74. The number of aromatic nitrogens is 1. The first-order valence-corrected chi connectivity index (χ1v) is 5.82. The maximum Gasteiger partial charge on any atom is 0.163 e. The van der Waals surface area contributed by atoms with E-state index in [4.69, 9.17) is 11.6 Å². The van der Waals surface area contributed by atoms with Crippen molar-refractivity contribution >= 4 is 17.4 Å². The van der Waals surface area contributed by atoms with Crippen molar-refractivity contribution in [2.75, 3.05) is 0 Å². The zero-order chi connectivity index (χ0) is 12.1. The molecule has 17 heavy (non-hydrogen) atoms. The Bertz CT molecular complexity index is 511. The van der Waals surface area contributed by atoms with Crippen molar-refractivity contribution in [1.82, 2.24) is 4.98 Å². The first-order chi connectivity index (χ1) is 8.25. The maximum atomic E-state index is 11.9. The van der Waals surface area contributed by atoms with Gasteiger partial charge in [-0.15, -0.1) is 0 Å². The molecule has 0 aliphatic heterocycles. The molecule has 86 valence electrons. The summed E-state index contributed by atoms with van der Waals surface area (Å²) in [4.78, 5) is 15.7. The number of nitrogens with zero attached hydrogens (tertiary/aromatic N) is 1. The molecule has 2 rings (SSSR count). The number of pyridine rings is 1. The standard InChI is InChI=1S/C14H12ClNO/c15-14-10-12(8-9-16-14)13(17)7-6-11-4-2-1-3-5-11/h1-5,8-10H,6-7H2. The summed E-state index contributed by atoms with van der Waals surface area (Å²) in [6, 6.07) is 13.3. The van der Waals surface area contributed by atoms with Crippen LogP contribution in [0.1, 0.15) is 22.3 Å². The molecule has 0 aliphatic carbocycles. The van der Waals surface area contributed by atoms with Crippen LogP contribution in [0, 0.1) is 0 Å². The summed E-state index contributed by atoms with van der Waals surface area (Å²) >= 11 is 5.74. The zero-order valence-corrected chi connectivity index (χ0v) is 10.0. The molecule has 0 spiro atoms. The van der Waals surface area contributed by atoms with Gasteiger partial charge in [0, 0.05) is 18.2 Å². The van der Waals surface area contributed by atoms with Gasteiger partial charge in [-0.25, -0.2) is 4.98 Å². The number of aryl methyl sites for hydroxylation is 1. The minimum Gasteiger partial charge on any atom is -0.294 e. The first kappa shape index (κ1) is 11.8. The Kier molecular flexibility index (Phi) is 3.89. The van der Waals surface area contributed by atoms with E-state index in [-0.39, 0.29) is 5.78 Å². The molecule has 1 aromatic heterocycles. The van der Waals surface area contributed by atoms with E-state index in [2.05, 4.69) is 4.98 Å². The molecule has 0 fully saturated rings. The lowest BCUT2D eigenvalue weighted by molar-refractivity contribution is 0.0982. The van der Waals surface area contributed by atoms with E-state index < -0.39 is 0 Å². The largest absolute Gasteiger partial charge is 0.294 e. The molecule has 0 atom stereocenters. The van der Waals surface area contributed by atoms with Crippen molar-refractivity contribution < 1.29 is 4.79 Å². The number of hydrogen-bond donors (Lipinski definition) is 0. The molecule has 0 bridgehead atoms. The van der Waals surface area contributed by atoms with E-state index in [1.807, 2.05) is 30.3 Å². The molecule has 0 N–H and O–H groups in total. The van der Waals surface area contributed by atoms with Crippen molar-refractivity contribution in [2.45, 2.75) is 12.8 Å². The van der Waals surface area contributed by atoms with Crippen molar-refractivity contribution in [3.63, 3.8) is 0 Å². The second-order valence-electron chi connectivity index (χ2n) is 3.78. The molecule has 0 saturated heterocycles. The monoisotopic (exact) mass is 245 g/mol. The van der Waals surface area contributed by atoms with Gasteiger partial charge < -0.3 is 0 Å². The van der Waals surface area contributed by atoms with Gasteiger partial charge in [0.05, 0.1) is 0 Å². The lowest BCUT2D eigenvalue weighted by Crippen LogP contribution is -2.01. The minimum absolute atomic E-state index is 0.0955. The predicted molar refractivity (Wildman–Crippen MR) is 68.3 cm³/mol. The SMILES string of the molecule is O=C(CCc1ccccc1)c1ccnc(Cl)c1. The Morgan fingerprint density at radius 1 is 1.18 bits per heavy atom. The third kappa shape index (κ3) is 3.40. The van der Waals surface area contributed by atoms with E-state index in [0.29, 0.717) is 17.1 Å². The molecule has 3 heteroatoms. The van der Waals surface area contributed by atoms with Gasteiger partial charge >= 0.3 is 0 Å². The van der Waals surface area contributed by atoms with Gasteiger partial charge in [0.2, 0.25) is 0 Å². The van der Waals surface area contributed by atoms with Crippen molar-refractivity contribution in [1.29, 1.82) is 0 Å². The van der Waals surface area contributed by atoms with Gasteiger partial charge in [-0.3, -0.25) is 4.79 Å². The highest BCUT2D eigenvalue weighted by Crippen LogP contribution is 2.11. The van der Waals surface area contributed by atoms with E-state index in [0.717, 1.165) is 6.42 Å². The van der Waals surface area contributed by atoms with Gasteiger partial charge in [-0.05, 0) is 24.1 Å². The van der Waals surface area contributed by atoms with Crippen LogP contribution in [-0.4, -0.2) is 10.8 Å². The van der Waals surface area contributed by atoms with Crippen molar-refractivity contribution in [3.05, 3.63) is 64.9 Å². The number of benzene rings is 1. The Morgan fingerprint density at radius 3 is 2.65 bits per heavy atom. The summed E-state index contributed by atoms with van der Waals surface area (Å²) in [7, 11) is 0. The molecular weight excluding hydrogens is 234 g/mol. The minimum atomic E-state index is 0.0955. The summed E-state index contributed by atoms with van der Waals surface area (Å²) in [6.45, 7) is 0. The quantitative estimate of drug-likeness (QED) is 0.609. The molecule has 0 aliphatic rings. The molecule has 0 saturated carbocycles. The van der Waals surface area contributed by atoms with Crippen LogP contribution in [-0.2, 0) is 6.42 Å². The smallest absolute Gasteiger partial charge is 0.163 e. The van der Waals surface area contributed by atoms with Crippen LogP contribution in [0.5, 0.6) is 0 Å². The molecule has 2 nitrogen and oxygen atoms in total. The normalized spacial score (nSPS) is 10.2. The summed E-state index contributed by atoms with van der Waals surface area (Å²) in [5.41, 5.74) is 1.79. The van der Waals surface area contributed by atoms with Crippen LogP contribution in [0.15, 0.2) is 48.7 Å². The number of ketones is 1. The highest BCUT2D eigenvalue weighted by Gasteiger charge is 2.06. The number of rotatable bonds is 4. The second-order valence-corrected chi connectivity index (χ2v) is 4.16. The highest BCUT2D eigenvalue weighted by molar-refractivity contribution is 6.29. The lowest BCUT2D eigenvalue weighted by atomic mass is 10.0. The highest BCUT2D eigenvalue weighted by atomic mass is 35.5. The predicted octanol–water partition coefficient (Wildman–Crippen LogP) is 3.55. The first-order valence-electron chi connectivity index (χ1n) is 5.44. The van der Waals surface area contributed by atoms with Gasteiger partial charge in [0.25, 0.3) is 0 Å². The third-order valence-electron chi connectivity index (χ3n) is 2.53. The summed E-state index contributed by atoms with van der Waals surface area (Å²) in [5.74, 6) is 0.0955. The molecular formula is C14H12ClNO. The summed E-state index contributed by atoms with van der Waals surface area (Å²) in [5, 5.41) is 0.357. The molecule has 1 heterocycles. The Labute approximate surface area is 105 Å². The zero-order valence-electron chi connectivity index (χ0n) is 9.27. The van der Waals surface area contributed by atoms with E-state index in [1.54, 1.807) is 18.3 Å². The Morgan fingerprint density at radius 2 is 1.94 bits per heavy atom. The molecule has 0 radical (unpaired) electrons. The van der Waals surface area contributed by atoms with Crippen LogP contribution in [0.25, 0.3) is 0 Å². The van der Waals surface area contributed by atoms with Crippen LogP contribution in [0.2, 0.25) is 5.15 Å². The Balaban J connectivity index is 1.98. The number of halogens is 1. The van der Waals surface area contributed by atoms with Crippen LogP contribution < -0.4 is 0 Å². The fourth-order valence-corrected chi connectivity index (χ4v) is 1.80. The van der Waals surface area contributed by atoms with E-state index in [1.165, 1.54) is 5.56 Å². The van der Waals surface area contributed by atoms with Crippen LogP contribution in [0.4, 0.5) is 0 Å². The second kappa shape index (κ2) is 5.60. The maximum absolute atomic E-state index is 11.9. The Hall–Kier alpha value is -1.67. The van der Waals surface area contributed by atoms with E-state index in [9.17, 15) is 4.79 Å². The number of hydrogen-bond acceptors (Lipinski definition) is 2. The van der Waals surface area contributed by atoms with Crippen LogP contribution >= 0.6 is 11.6 Å². The summed E-state index contributed by atoms with van der Waals surface area (Å²) < 4.78 is 0. The average molecular weight is 246 g/mol. The van der Waals surface area contributed by atoms with E-state index >= 15 is 0 Å². The van der Waals surface area contributed by atoms with Gasteiger partial charge in [-0.1, -0.05) is 41.9 Å². The lowest BCUT2D eigenvalue weighted by Gasteiger charge is -2.01. The van der Waals surface area contributed by atoms with Gasteiger partial charge in [0.1, 0.15) is 5.15 Å². The molecule has 2 aromatic rings.